The van der Waals surface area contributed by atoms with Crippen LogP contribution in [0.5, 0.6) is 0 Å². The summed E-state index contributed by atoms with van der Waals surface area (Å²) in [6.07, 6.45) is 2.27. The van der Waals surface area contributed by atoms with Gasteiger partial charge in [0.05, 0.1) is 16.8 Å². The molecule has 3 rings (SSSR count). The maximum Gasteiger partial charge on any atom is 0.232 e. The lowest BCUT2D eigenvalue weighted by Gasteiger charge is -2.30. The molecule has 0 spiro atoms. The Hall–Kier alpha value is -2.06. The number of hydrogen-bond acceptors (Lipinski definition) is 4. The summed E-state index contributed by atoms with van der Waals surface area (Å²) in [6, 6.07) is 10.1. The number of likely N-dealkylation sites (tertiary alicyclic amines) is 1. The molecule has 124 valence electrons. The van der Waals surface area contributed by atoms with Crippen LogP contribution in [-0.4, -0.2) is 34.6 Å². The molecule has 5 heteroatoms. The molecule has 1 amide bonds. The average Bonchev–Trinajstić information content (AvgIpc) is 2.58. The number of thioether (sulfide) groups is 1. The molecule has 0 saturated carbocycles. The van der Waals surface area contributed by atoms with Gasteiger partial charge in [-0.2, -0.15) is 5.26 Å². The Morgan fingerprint density at radius 2 is 2.29 bits per heavy atom. The molecule has 24 heavy (non-hydrogen) atoms. The van der Waals surface area contributed by atoms with E-state index in [9.17, 15) is 10.1 Å². The number of aryl methyl sites for hydroxylation is 1. The fraction of sp³-hybridized carbons (Fsp3) is 0.421. The number of hydrogen-bond donors (Lipinski definition) is 0. The molecule has 1 aromatic carbocycles. The number of piperidine rings is 1. The van der Waals surface area contributed by atoms with Crippen molar-refractivity contribution in [2.75, 3.05) is 18.8 Å². The first-order chi connectivity index (χ1) is 11.6. The Bertz CT molecular complexity index is 812. The highest BCUT2D eigenvalue weighted by Crippen LogP contribution is 2.26. The van der Waals surface area contributed by atoms with Crippen LogP contribution in [0, 0.1) is 24.2 Å². The van der Waals surface area contributed by atoms with E-state index in [2.05, 4.69) is 18.0 Å². The van der Waals surface area contributed by atoms with Gasteiger partial charge in [-0.3, -0.25) is 4.79 Å². The number of carbonyl (C=O) groups excluding carboxylic acids is 1. The quantitative estimate of drug-likeness (QED) is 0.799. The Kier molecular flexibility index (Phi) is 5.06. The Balaban J connectivity index is 1.76. The van der Waals surface area contributed by atoms with Crippen LogP contribution in [-0.2, 0) is 4.79 Å². The highest BCUT2D eigenvalue weighted by atomic mass is 32.2. The Morgan fingerprint density at radius 3 is 3.04 bits per heavy atom. The first-order valence-corrected chi connectivity index (χ1v) is 9.27. The van der Waals surface area contributed by atoms with E-state index in [1.165, 1.54) is 18.2 Å². The second-order valence-electron chi connectivity index (χ2n) is 6.52. The van der Waals surface area contributed by atoms with Gasteiger partial charge in [-0.15, -0.1) is 0 Å². The summed E-state index contributed by atoms with van der Waals surface area (Å²) in [4.78, 5) is 19.0. The fourth-order valence-corrected chi connectivity index (χ4v) is 3.97. The van der Waals surface area contributed by atoms with Crippen LogP contribution in [0.2, 0.25) is 0 Å². The predicted molar refractivity (Wildman–Crippen MR) is 96.9 cm³/mol. The largest absolute Gasteiger partial charge is 0.342 e. The van der Waals surface area contributed by atoms with E-state index in [-0.39, 0.29) is 5.91 Å². The summed E-state index contributed by atoms with van der Waals surface area (Å²) >= 11 is 1.37. The monoisotopic (exact) mass is 339 g/mol. The van der Waals surface area contributed by atoms with Gasteiger partial charge in [0, 0.05) is 18.5 Å². The summed E-state index contributed by atoms with van der Waals surface area (Å²) < 4.78 is 0. The fourth-order valence-electron chi connectivity index (χ4n) is 3.11. The maximum absolute atomic E-state index is 12.4. The molecule has 1 aromatic heterocycles. The number of amides is 1. The van der Waals surface area contributed by atoms with Crippen LogP contribution in [0.1, 0.15) is 30.9 Å². The molecule has 0 unspecified atom stereocenters. The molecule has 1 aliphatic rings. The van der Waals surface area contributed by atoms with Gasteiger partial charge in [-0.25, -0.2) is 4.98 Å². The normalized spacial score (nSPS) is 17.7. The number of aromatic nitrogens is 1. The molecule has 0 radical (unpaired) electrons. The minimum atomic E-state index is 0.140. The van der Waals surface area contributed by atoms with Crippen LogP contribution in [0.3, 0.4) is 0 Å². The van der Waals surface area contributed by atoms with Crippen molar-refractivity contribution in [1.29, 1.82) is 5.26 Å². The van der Waals surface area contributed by atoms with E-state index >= 15 is 0 Å². The third kappa shape index (κ3) is 3.70. The van der Waals surface area contributed by atoms with Gasteiger partial charge in [0.25, 0.3) is 0 Å². The van der Waals surface area contributed by atoms with Crippen LogP contribution in [0.25, 0.3) is 10.9 Å². The molecular weight excluding hydrogens is 318 g/mol. The lowest BCUT2D eigenvalue weighted by molar-refractivity contribution is -0.130. The van der Waals surface area contributed by atoms with Crippen molar-refractivity contribution in [1.82, 2.24) is 9.88 Å². The number of fused-ring (bicyclic) bond motifs is 1. The van der Waals surface area contributed by atoms with Gasteiger partial charge < -0.3 is 4.90 Å². The van der Waals surface area contributed by atoms with Gasteiger partial charge in [-0.05, 0) is 43.9 Å². The van der Waals surface area contributed by atoms with Gasteiger partial charge in [-0.1, -0.05) is 30.3 Å². The zero-order valence-electron chi connectivity index (χ0n) is 14.1. The topological polar surface area (TPSA) is 57.0 Å². The zero-order chi connectivity index (χ0) is 17.1. The number of pyridine rings is 1. The number of rotatable bonds is 3. The van der Waals surface area contributed by atoms with Gasteiger partial charge in [0.15, 0.2) is 0 Å². The van der Waals surface area contributed by atoms with E-state index in [0.717, 1.165) is 36.0 Å². The summed E-state index contributed by atoms with van der Waals surface area (Å²) in [5.74, 6) is 1.05. The summed E-state index contributed by atoms with van der Waals surface area (Å²) in [7, 11) is 0. The highest BCUT2D eigenvalue weighted by molar-refractivity contribution is 8.00. The molecule has 1 saturated heterocycles. The molecule has 1 aliphatic heterocycles. The van der Waals surface area contributed by atoms with Crippen molar-refractivity contribution in [2.45, 2.75) is 31.7 Å². The van der Waals surface area contributed by atoms with Gasteiger partial charge in [0.2, 0.25) is 5.91 Å². The predicted octanol–water partition coefficient (Wildman–Crippen LogP) is 3.77. The third-order valence-corrected chi connectivity index (χ3v) is 5.37. The van der Waals surface area contributed by atoms with E-state index in [0.29, 0.717) is 22.3 Å². The summed E-state index contributed by atoms with van der Waals surface area (Å²) in [6.45, 7) is 5.90. The first-order valence-electron chi connectivity index (χ1n) is 8.29. The maximum atomic E-state index is 12.4. The number of nitriles is 1. The SMILES string of the molecule is Cc1ccc2nc(SCC(=O)N3CCC[C@H](C)C3)c(C#N)cc2c1. The lowest BCUT2D eigenvalue weighted by Crippen LogP contribution is -2.40. The molecule has 4 nitrogen and oxygen atoms in total. The highest BCUT2D eigenvalue weighted by Gasteiger charge is 2.21. The molecule has 1 fully saturated rings. The summed E-state index contributed by atoms with van der Waals surface area (Å²) in [5.41, 5.74) is 2.54. The van der Waals surface area contributed by atoms with E-state index in [4.69, 9.17) is 0 Å². The van der Waals surface area contributed by atoms with Crippen molar-refractivity contribution >= 4 is 28.6 Å². The third-order valence-electron chi connectivity index (χ3n) is 4.40. The number of nitrogens with zero attached hydrogens (tertiary/aromatic N) is 3. The zero-order valence-corrected chi connectivity index (χ0v) is 14.9. The van der Waals surface area contributed by atoms with Crippen LogP contribution in [0.15, 0.2) is 29.3 Å². The van der Waals surface area contributed by atoms with Crippen LogP contribution in [0.4, 0.5) is 0 Å². The molecule has 0 bridgehead atoms. The van der Waals surface area contributed by atoms with E-state index in [1.807, 2.05) is 36.1 Å². The number of carbonyl (C=O) groups is 1. The van der Waals surface area contributed by atoms with Crippen LogP contribution < -0.4 is 0 Å². The van der Waals surface area contributed by atoms with Crippen molar-refractivity contribution in [3.8, 4) is 6.07 Å². The molecule has 1 atom stereocenters. The van der Waals surface area contributed by atoms with Gasteiger partial charge >= 0.3 is 0 Å². The van der Waals surface area contributed by atoms with Gasteiger partial charge in [0.1, 0.15) is 11.1 Å². The average molecular weight is 339 g/mol. The number of benzene rings is 1. The van der Waals surface area contributed by atoms with Crippen molar-refractivity contribution in [2.24, 2.45) is 5.92 Å². The van der Waals surface area contributed by atoms with Crippen molar-refractivity contribution < 1.29 is 4.79 Å². The molecular formula is C19H21N3OS. The molecule has 2 heterocycles. The smallest absolute Gasteiger partial charge is 0.232 e. The molecule has 2 aromatic rings. The van der Waals surface area contributed by atoms with E-state index < -0.39 is 0 Å². The minimum absolute atomic E-state index is 0.140. The lowest BCUT2D eigenvalue weighted by atomic mass is 10.0. The Labute approximate surface area is 146 Å². The second-order valence-corrected chi connectivity index (χ2v) is 7.49. The minimum Gasteiger partial charge on any atom is -0.342 e. The van der Waals surface area contributed by atoms with Crippen molar-refractivity contribution in [3.05, 3.63) is 35.4 Å². The standard InChI is InChI=1S/C19H21N3OS/c1-13-5-6-17-15(8-13)9-16(10-20)19(21-17)24-12-18(23)22-7-3-4-14(2)11-22/h5-6,8-9,14H,3-4,7,11-12H2,1-2H3/t14-/m0/s1. The first kappa shape index (κ1) is 16.8. The summed E-state index contributed by atoms with van der Waals surface area (Å²) in [5, 5.41) is 11.0. The second kappa shape index (κ2) is 7.23. The van der Waals surface area contributed by atoms with E-state index in [1.54, 1.807) is 0 Å². The Morgan fingerprint density at radius 1 is 1.46 bits per heavy atom. The van der Waals surface area contributed by atoms with Crippen molar-refractivity contribution in [3.63, 3.8) is 0 Å². The molecule has 0 aliphatic carbocycles. The molecule has 0 N–H and O–H groups in total. The van der Waals surface area contributed by atoms with Crippen LogP contribution >= 0.6 is 11.8 Å².